The lowest BCUT2D eigenvalue weighted by Gasteiger charge is -2.23. The van der Waals surface area contributed by atoms with E-state index in [4.69, 9.17) is 22.1 Å². The third kappa shape index (κ3) is 5.48. The highest BCUT2D eigenvalue weighted by atomic mass is 35.5. The highest BCUT2D eigenvalue weighted by molar-refractivity contribution is 6.32. The van der Waals surface area contributed by atoms with Crippen LogP contribution in [0.2, 0.25) is 5.02 Å². The summed E-state index contributed by atoms with van der Waals surface area (Å²) in [5.41, 5.74) is 8.57. The van der Waals surface area contributed by atoms with E-state index < -0.39 is 0 Å². The molecule has 4 nitrogen and oxygen atoms in total. The fourth-order valence-corrected chi connectivity index (χ4v) is 2.81. The Kier molecular flexibility index (Phi) is 5.60. The third-order valence-corrected chi connectivity index (χ3v) is 3.72. The molecule has 0 unspecified atom stereocenters. The van der Waals surface area contributed by atoms with Crippen LogP contribution in [-0.4, -0.2) is 22.1 Å². The predicted octanol–water partition coefficient (Wildman–Crippen LogP) is 4.25. The Hall–Kier alpha value is -1.65. The van der Waals surface area contributed by atoms with Gasteiger partial charge in [-0.25, -0.2) is 9.97 Å². The molecule has 0 fully saturated rings. The number of benzene rings is 1. The number of aryl methyl sites for hydroxylation is 1. The number of nitrogens with two attached hydrogens (primary N) is 1. The molecule has 0 saturated carbocycles. The molecule has 0 aliphatic rings. The molecule has 0 radical (unpaired) electrons. The van der Waals surface area contributed by atoms with Crippen LogP contribution in [-0.2, 0) is 0 Å². The Bertz CT molecular complexity index is 668. The predicted molar refractivity (Wildman–Crippen MR) is 94.8 cm³/mol. The van der Waals surface area contributed by atoms with Gasteiger partial charge < -0.3 is 10.5 Å². The maximum atomic E-state index is 6.34. The molecule has 0 bridgehead atoms. The number of rotatable bonds is 6. The van der Waals surface area contributed by atoms with Crippen LogP contribution in [0.1, 0.15) is 32.9 Å². The van der Waals surface area contributed by atoms with Crippen molar-refractivity contribution in [1.82, 2.24) is 9.97 Å². The maximum absolute atomic E-state index is 6.34. The minimum absolute atomic E-state index is 0.193. The molecule has 23 heavy (non-hydrogen) atoms. The number of hydrogen-bond acceptors (Lipinski definition) is 4. The summed E-state index contributed by atoms with van der Waals surface area (Å²) in [6.45, 7) is 8.70. The van der Waals surface area contributed by atoms with E-state index in [0.717, 1.165) is 23.4 Å². The van der Waals surface area contributed by atoms with E-state index in [9.17, 15) is 0 Å². The summed E-state index contributed by atoms with van der Waals surface area (Å²) in [5, 5.41) is 0.581. The van der Waals surface area contributed by atoms with Crippen molar-refractivity contribution >= 4 is 11.6 Å². The molecule has 124 valence electrons. The summed E-state index contributed by atoms with van der Waals surface area (Å²) in [5.74, 6) is 1.04. The molecular formula is C18H24ClN3O. The van der Waals surface area contributed by atoms with Gasteiger partial charge in [0, 0.05) is 16.8 Å². The van der Waals surface area contributed by atoms with Crippen molar-refractivity contribution < 1.29 is 4.74 Å². The first kappa shape index (κ1) is 17.7. The SMILES string of the molecule is Cc1cc(-c2ccc(OC[C@@H](C)CC(C)(C)N)c(Cl)c2)ncn1. The number of halogens is 1. The molecule has 1 aromatic carbocycles. The van der Waals surface area contributed by atoms with Gasteiger partial charge in [-0.3, -0.25) is 0 Å². The number of aromatic nitrogens is 2. The molecule has 0 aliphatic heterocycles. The first-order chi connectivity index (χ1) is 10.7. The third-order valence-electron chi connectivity index (χ3n) is 3.43. The van der Waals surface area contributed by atoms with Gasteiger partial charge in [-0.05, 0) is 57.4 Å². The van der Waals surface area contributed by atoms with Crippen molar-refractivity contribution in [2.24, 2.45) is 11.7 Å². The van der Waals surface area contributed by atoms with Crippen LogP contribution in [0.25, 0.3) is 11.3 Å². The zero-order chi connectivity index (χ0) is 17.0. The van der Waals surface area contributed by atoms with Crippen LogP contribution in [0.5, 0.6) is 5.75 Å². The molecule has 0 aliphatic carbocycles. The van der Waals surface area contributed by atoms with E-state index >= 15 is 0 Å². The van der Waals surface area contributed by atoms with Crippen molar-refractivity contribution in [3.63, 3.8) is 0 Å². The van der Waals surface area contributed by atoms with Gasteiger partial charge in [0.1, 0.15) is 12.1 Å². The Morgan fingerprint density at radius 3 is 2.61 bits per heavy atom. The second-order valence-electron chi connectivity index (χ2n) is 6.80. The Morgan fingerprint density at radius 2 is 2.00 bits per heavy atom. The fourth-order valence-electron chi connectivity index (χ4n) is 2.58. The van der Waals surface area contributed by atoms with Gasteiger partial charge in [0.15, 0.2) is 0 Å². The largest absolute Gasteiger partial charge is 0.492 e. The highest BCUT2D eigenvalue weighted by Crippen LogP contribution is 2.30. The van der Waals surface area contributed by atoms with Crippen molar-refractivity contribution in [2.45, 2.75) is 39.7 Å². The van der Waals surface area contributed by atoms with E-state index in [1.165, 1.54) is 0 Å². The summed E-state index contributed by atoms with van der Waals surface area (Å²) in [4.78, 5) is 8.37. The second kappa shape index (κ2) is 7.28. The molecule has 5 heteroatoms. The minimum atomic E-state index is -0.193. The van der Waals surface area contributed by atoms with Crippen LogP contribution in [0.3, 0.4) is 0 Å². The average molecular weight is 334 g/mol. The van der Waals surface area contributed by atoms with E-state index in [1.54, 1.807) is 6.33 Å². The molecule has 1 heterocycles. The van der Waals surface area contributed by atoms with Crippen molar-refractivity contribution in [2.75, 3.05) is 6.61 Å². The van der Waals surface area contributed by atoms with Crippen molar-refractivity contribution in [1.29, 1.82) is 0 Å². The standard InChI is InChI=1S/C18H24ClN3O/c1-12(9-18(3,4)20)10-23-17-6-5-14(8-15(17)19)16-7-13(2)21-11-22-16/h5-8,11-12H,9-10,20H2,1-4H3/t12-/m0/s1. The fraction of sp³-hybridized carbons (Fsp3) is 0.444. The molecule has 0 amide bonds. The van der Waals surface area contributed by atoms with Crippen molar-refractivity contribution in [3.8, 4) is 17.0 Å². The molecule has 1 atom stereocenters. The quantitative estimate of drug-likeness (QED) is 0.858. The van der Waals surface area contributed by atoms with Gasteiger partial charge >= 0.3 is 0 Å². The van der Waals surface area contributed by atoms with E-state index in [2.05, 4.69) is 16.9 Å². The smallest absolute Gasteiger partial charge is 0.137 e. The maximum Gasteiger partial charge on any atom is 0.137 e. The van der Waals surface area contributed by atoms with Crippen LogP contribution in [0.15, 0.2) is 30.6 Å². The summed E-state index contributed by atoms with van der Waals surface area (Å²) in [6.07, 6.45) is 2.45. The monoisotopic (exact) mass is 333 g/mol. The topological polar surface area (TPSA) is 61.0 Å². The molecule has 2 N–H and O–H groups in total. The lowest BCUT2D eigenvalue weighted by molar-refractivity contribution is 0.229. The van der Waals surface area contributed by atoms with E-state index in [-0.39, 0.29) is 5.54 Å². The van der Waals surface area contributed by atoms with Gasteiger partial charge in [-0.1, -0.05) is 18.5 Å². The van der Waals surface area contributed by atoms with Crippen LogP contribution in [0, 0.1) is 12.8 Å². The summed E-state index contributed by atoms with van der Waals surface area (Å²) in [7, 11) is 0. The first-order valence-corrected chi connectivity index (χ1v) is 8.12. The summed E-state index contributed by atoms with van der Waals surface area (Å²) < 4.78 is 5.84. The van der Waals surface area contributed by atoms with Gasteiger partial charge in [0.05, 0.1) is 17.3 Å². The highest BCUT2D eigenvalue weighted by Gasteiger charge is 2.16. The molecular weight excluding hydrogens is 310 g/mol. The molecule has 1 aromatic heterocycles. The van der Waals surface area contributed by atoms with Gasteiger partial charge in [0.2, 0.25) is 0 Å². The molecule has 0 saturated heterocycles. The minimum Gasteiger partial charge on any atom is -0.492 e. The van der Waals surface area contributed by atoms with Crippen molar-refractivity contribution in [3.05, 3.63) is 41.3 Å². The lowest BCUT2D eigenvalue weighted by atomic mass is 9.93. The van der Waals surface area contributed by atoms with Gasteiger partial charge in [-0.2, -0.15) is 0 Å². The van der Waals surface area contributed by atoms with Crippen LogP contribution < -0.4 is 10.5 Å². The lowest BCUT2D eigenvalue weighted by Crippen LogP contribution is -2.35. The normalized spacial score (nSPS) is 13.0. The first-order valence-electron chi connectivity index (χ1n) is 7.75. The number of hydrogen-bond donors (Lipinski definition) is 1. The van der Waals surface area contributed by atoms with Gasteiger partial charge in [0.25, 0.3) is 0 Å². The summed E-state index contributed by atoms with van der Waals surface area (Å²) >= 11 is 6.34. The average Bonchev–Trinajstić information content (AvgIpc) is 2.44. The molecule has 2 rings (SSSR count). The summed E-state index contributed by atoms with van der Waals surface area (Å²) in [6, 6.07) is 7.64. The number of ether oxygens (including phenoxy) is 1. The van der Waals surface area contributed by atoms with E-state index in [1.807, 2.05) is 45.0 Å². The molecule has 2 aromatic rings. The zero-order valence-electron chi connectivity index (χ0n) is 14.1. The van der Waals surface area contributed by atoms with Crippen LogP contribution in [0.4, 0.5) is 0 Å². The van der Waals surface area contributed by atoms with E-state index in [0.29, 0.717) is 23.3 Å². The Balaban J connectivity index is 2.05. The number of nitrogens with zero attached hydrogens (tertiary/aromatic N) is 2. The van der Waals surface area contributed by atoms with Gasteiger partial charge in [-0.15, -0.1) is 0 Å². The zero-order valence-corrected chi connectivity index (χ0v) is 14.9. The second-order valence-corrected chi connectivity index (χ2v) is 7.21. The Labute approximate surface area is 143 Å². The van der Waals surface area contributed by atoms with Crippen LogP contribution >= 0.6 is 11.6 Å². The molecule has 0 spiro atoms. The Morgan fingerprint density at radius 1 is 1.26 bits per heavy atom.